The van der Waals surface area contributed by atoms with E-state index >= 15 is 0 Å². The first-order valence-corrected chi connectivity index (χ1v) is 11.5. The Bertz CT molecular complexity index is 1150. The zero-order valence-corrected chi connectivity index (χ0v) is 19.9. The number of carboxylic acids is 1. The average molecular weight is 481 g/mol. The number of carboxylic acid groups (broad SMARTS) is 1. The Balaban J connectivity index is 1.49. The summed E-state index contributed by atoms with van der Waals surface area (Å²) in [6.45, 7) is 9.30. The predicted molar refractivity (Wildman–Crippen MR) is 133 cm³/mol. The van der Waals surface area contributed by atoms with E-state index in [1.54, 1.807) is 25.5 Å². The standard InChI is InChI=1S/C24H29FN8O2/c1-16-17(2)33(8-5-19(16)29-23(26-3)24-27-6-4-7-28-24)21-14-18(13-20(25)30-21)32-11-9-31(10-12-32)15-22(34)35/h4,6-7,13-14,17H,1,5,8-12,15H2,2-3H3,(H,34,35). The second-order valence-corrected chi connectivity index (χ2v) is 8.49. The molecule has 0 spiro atoms. The molecule has 0 aromatic carbocycles. The molecule has 2 saturated heterocycles. The molecule has 0 bridgehead atoms. The SMILES string of the molecule is C=C1C(=NC(=NC)c2ncccn2)CCN(c2cc(N3CCN(CC(=O)O)CC3)cc(F)n2)C1C. The maximum Gasteiger partial charge on any atom is 0.317 e. The summed E-state index contributed by atoms with van der Waals surface area (Å²) in [5.74, 6) is 0.0354. The van der Waals surface area contributed by atoms with Gasteiger partial charge in [0, 0.05) is 82.1 Å². The van der Waals surface area contributed by atoms with Gasteiger partial charge in [-0.1, -0.05) is 6.58 Å². The summed E-state index contributed by atoms with van der Waals surface area (Å²) in [7, 11) is 1.65. The van der Waals surface area contributed by atoms with Crippen molar-refractivity contribution >= 4 is 29.0 Å². The van der Waals surface area contributed by atoms with Crippen LogP contribution in [0, 0.1) is 5.95 Å². The largest absolute Gasteiger partial charge is 0.480 e. The molecule has 1 atom stereocenters. The van der Waals surface area contributed by atoms with Crippen molar-refractivity contribution in [2.24, 2.45) is 9.98 Å². The Morgan fingerprint density at radius 3 is 2.57 bits per heavy atom. The van der Waals surface area contributed by atoms with Crippen LogP contribution in [0.5, 0.6) is 0 Å². The van der Waals surface area contributed by atoms with Crippen LogP contribution in [-0.2, 0) is 4.79 Å². The highest BCUT2D eigenvalue weighted by Crippen LogP contribution is 2.29. The van der Waals surface area contributed by atoms with Crippen LogP contribution >= 0.6 is 0 Å². The quantitative estimate of drug-likeness (QED) is 0.393. The molecule has 2 aliphatic heterocycles. The second kappa shape index (κ2) is 10.7. The molecule has 4 heterocycles. The number of aliphatic imine (C=N–C) groups is 2. The molecule has 2 aromatic rings. The summed E-state index contributed by atoms with van der Waals surface area (Å²) in [5.41, 5.74) is 2.36. The van der Waals surface area contributed by atoms with Gasteiger partial charge in [-0.15, -0.1) is 0 Å². The van der Waals surface area contributed by atoms with Gasteiger partial charge >= 0.3 is 5.97 Å². The van der Waals surface area contributed by atoms with Gasteiger partial charge in [0.1, 0.15) is 5.82 Å². The zero-order valence-electron chi connectivity index (χ0n) is 19.9. The molecular weight excluding hydrogens is 451 g/mol. The number of carbonyl (C=O) groups is 1. The third-order valence-electron chi connectivity index (χ3n) is 6.31. The highest BCUT2D eigenvalue weighted by Gasteiger charge is 2.29. The molecule has 0 saturated carbocycles. The van der Waals surface area contributed by atoms with Crippen LogP contribution in [0.25, 0.3) is 0 Å². The Morgan fingerprint density at radius 2 is 1.91 bits per heavy atom. The Labute approximate surface area is 203 Å². The van der Waals surface area contributed by atoms with E-state index in [0.29, 0.717) is 56.6 Å². The molecule has 2 fully saturated rings. The van der Waals surface area contributed by atoms with Gasteiger partial charge in [0.15, 0.2) is 11.7 Å². The normalized spacial score (nSPS) is 21.0. The van der Waals surface area contributed by atoms with Gasteiger partial charge in [-0.2, -0.15) is 4.39 Å². The minimum absolute atomic E-state index is 0.0158. The summed E-state index contributed by atoms with van der Waals surface area (Å²) in [5, 5.41) is 9.00. The molecule has 4 rings (SSSR count). The highest BCUT2D eigenvalue weighted by atomic mass is 19.1. The molecule has 1 unspecified atom stereocenters. The van der Waals surface area contributed by atoms with Crippen LogP contribution in [0.15, 0.2) is 52.7 Å². The summed E-state index contributed by atoms with van der Waals surface area (Å²) < 4.78 is 14.6. The number of rotatable bonds is 5. The number of aliphatic carboxylic acids is 1. The van der Waals surface area contributed by atoms with Crippen molar-refractivity contribution in [2.75, 3.05) is 56.1 Å². The Hall–Kier alpha value is -3.73. The van der Waals surface area contributed by atoms with Gasteiger partial charge < -0.3 is 14.9 Å². The van der Waals surface area contributed by atoms with Crippen LogP contribution in [0.3, 0.4) is 0 Å². The van der Waals surface area contributed by atoms with E-state index in [9.17, 15) is 9.18 Å². The maximum atomic E-state index is 14.6. The van der Waals surface area contributed by atoms with Crippen LogP contribution in [0.4, 0.5) is 15.9 Å². The fraction of sp³-hybridized carbons (Fsp3) is 0.417. The molecule has 184 valence electrons. The smallest absolute Gasteiger partial charge is 0.317 e. The third kappa shape index (κ3) is 5.68. The molecule has 0 radical (unpaired) electrons. The molecule has 2 aliphatic rings. The van der Waals surface area contributed by atoms with Gasteiger partial charge in [0.25, 0.3) is 0 Å². The van der Waals surface area contributed by atoms with E-state index < -0.39 is 11.9 Å². The zero-order chi connectivity index (χ0) is 24.9. The van der Waals surface area contributed by atoms with Gasteiger partial charge in [0.05, 0.1) is 12.6 Å². The Kier molecular flexibility index (Phi) is 7.45. The van der Waals surface area contributed by atoms with Crippen molar-refractivity contribution in [3.63, 3.8) is 0 Å². The summed E-state index contributed by atoms with van der Waals surface area (Å²) in [6.07, 6.45) is 3.89. The van der Waals surface area contributed by atoms with E-state index in [1.807, 2.05) is 22.8 Å². The van der Waals surface area contributed by atoms with Gasteiger partial charge in [-0.25, -0.2) is 19.9 Å². The third-order valence-corrected chi connectivity index (χ3v) is 6.31. The van der Waals surface area contributed by atoms with Gasteiger partial charge in [-0.05, 0) is 18.6 Å². The summed E-state index contributed by atoms with van der Waals surface area (Å²) in [4.78, 5) is 38.5. The van der Waals surface area contributed by atoms with E-state index in [4.69, 9.17) is 5.11 Å². The summed E-state index contributed by atoms with van der Waals surface area (Å²) in [6, 6.07) is 4.90. The maximum absolute atomic E-state index is 14.6. The number of nitrogens with zero attached hydrogens (tertiary/aromatic N) is 8. The number of halogens is 1. The van der Waals surface area contributed by atoms with Crippen LogP contribution < -0.4 is 9.80 Å². The number of hydrogen-bond acceptors (Lipinski definition) is 8. The van der Waals surface area contributed by atoms with Gasteiger partial charge in [0.2, 0.25) is 5.95 Å². The van der Waals surface area contributed by atoms with Crippen LogP contribution in [-0.4, -0.2) is 94.8 Å². The predicted octanol–water partition coefficient (Wildman–Crippen LogP) is 1.89. The number of pyridine rings is 1. The Morgan fingerprint density at radius 1 is 1.20 bits per heavy atom. The second-order valence-electron chi connectivity index (χ2n) is 8.49. The molecule has 0 aliphatic carbocycles. The van der Waals surface area contributed by atoms with Crippen molar-refractivity contribution in [2.45, 2.75) is 19.4 Å². The first-order chi connectivity index (χ1) is 16.9. The number of hydrogen-bond donors (Lipinski definition) is 1. The fourth-order valence-electron chi connectivity index (χ4n) is 4.35. The number of aromatic nitrogens is 3. The number of anilines is 2. The van der Waals surface area contributed by atoms with E-state index in [2.05, 4.69) is 36.4 Å². The van der Waals surface area contributed by atoms with Crippen molar-refractivity contribution in [1.82, 2.24) is 19.9 Å². The first kappa shape index (κ1) is 24.4. The van der Waals surface area contributed by atoms with E-state index in [-0.39, 0.29) is 12.6 Å². The first-order valence-electron chi connectivity index (χ1n) is 11.5. The van der Waals surface area contributed by atoms with Crippen molar-refractivity contribution in [3.8, 4) is 0 Å². The molecule has 0 amide bonds. The highest BCUT2D eigenvalue weighted by molar-refractivity contribution is 6.12. The van der Waals surface area contributed by atoms with E-state index in [0.717, 1.165) is 17.0 Å². The van der Waals surface area contributed by atoms with Crippen LogP contribution in [0.1, 0.15) is 19.2 Å². The van der Waals surface area contributed by atoms with Crippen LogP contribution in [0.2, 0.25) is 0 Å². The molecular formula is C24H29FN8O2. The molecule has 11 heteroatoms. The van der Waals surface area contributed by atoms with Crippen molar-refractivity contribution < 1.29 is 14.3 Å². The lowest BCUT2D eigenvalue weighted by atomic mass is 9.96. The number of piperidine rings is 1. The lowest BCUT2D eigenvalue weighted by molar-refractivity contribution is -0.138. The molecule has 10 nitrogen and oxygen atoms in total. The van der Waals surface area contributed by atoms with Crippen molar-refractivity contribution in [3.05, 3.63) is 54.5 Å². The van der Waals surface area contributed by atoms with Gasteiger partial charge in [-0.3, -0.25) is 14.7 Å². The lowest BCUT2D eigenvalue weighted by Gasteiger charge is -2.38. The number of amidine groups is 1. The topological polar surface area (TPSA) is 110 Å². The lowest BCUT2D eigenvalue weighted by Crippen LogP contribution is -2.48. The minimum atomic E-state index is -0.841. The monoisotopic (exact) mass is 480 g/mol. The van der Waals surface area contributed by atoms with Crippen molar-refractivity contribution in [1.29, 1.82) is 0 Å². The molecule has 1 N–H and O–H groups in total. The molecule has 35 heavy (non-hydrogen) atoms. The van der Waals surface area contributed by atoms with E-state index in [1.165, 1.54) is 6.07 Å². The average Bonchev–Trinajstić information content (AvgIpc) is 2.85. The summed E-state index contributed by atoms with van der Waals surface area (Å²) >= 11 is 0. The minimum Gasteiger partial charge on any atom is -0.480 e. The fourth-order valence-corrected chi connectivity index (χ4v) is 4.35. The number of piperazine rings is 1. The molecule has 2 aromatic heterocycles.